The lowest BCUT2D eigenvalue weighted by Gasteiger charge is -2.06. The van der Waals surface area contributed by atoms with Crippen LogP contribution in [0.1, 0.15) is 28.9 Å². The van der Waals surface area contributed by atoms with Crippen molar-refractivity contribution in [3.05, 3.63) is 70.3 Å². The Morgan fingerprint density at radius 1 is 1.24 bits per heavy atom. The van der Waals surface area contributed by atoms with Crippen LogP contribution in [0.15, 0.2) is 57.6 Å². The lowest BCUT2D eigenvalue weighted by molar-refractivity contribution is 0.0918. The number of nitrogens with zero attached hydrogens (tertiary/aromatic N) is 2. The van der Waals surface area contributed by atoms with Gasteiger partial charge in [-0.2, -0.15) is 5.10 Å². The Labute approximate surface area is 153 Å². The van der Waals surface area contributed by atoms with Crippen molar-refractivity contribution in [2.75, 3.05) is 0 Å². The summed E-state index contributed by atoms with van der Waals surface area (Å²) >= 11 is 3.37. The van der Waals surface area contributed by atoms with Crippen LogP contribution in [-0.4, -0.2) is 15.7 Å². The number of hydrogen-bond acceptors (Lipinski definition) is 4. The Kier molecular flexibility index (Phi) is 5.55. The molecule has 130 valence electrons. The number of amides is 1. The number of aromatic nitrogens is 2. The molecular weight excluding hydrogens is 386 g/mol. The van der Waals surface area contributed by atoms with Gasteiger partial charge in [0.1, 0.15) is 18.1 Å². The van der Waals surface area contributed by atoms with Crippen molar-refractivity contribution < 1.29 is 13.9 Å². The minimum atomic E-state index is -0.265. The van der Waals surface area contributed by atoms with E-state index in [1.165, 1.54) is 0 Å². The highest BCUT2D eigenvalue weighted by Gasteiger charge is 2.12. The van der Waals surface area contributed by atoms with E-state index in [1.807, 2.05) is 41.9 Å². The van der Waals surface area contributed by atoms with Crippen LogP contribution in [0.2, 0.25) is 0 Å². The number of hydrogen-bond donors (Lipinski definition) is 1. The fourth-order valence-electron chi connectivity index (χ4n) is 2.32. The first-order valence-corrected chi connectivity index (χ1v) is 8.71. The van der Waals surface area contributed by atoms with Crippen LogP contribution in [0, 0.1) is 0 Å². The quantitative estimate of drug-likeness (QED) is 0.651. The number of carbonyl (C=O) groups excluding carboxylic acids is 1. The van der Waals surface area contributed by atoms with Gasteiger partial charge in [-0.3, -0.25) is 9.48 Å². The third-order valence-electron chi connectivity index (χ3n) is 3.61. The zero-order valence-corrected chi connectivity index (χ0v) is 15.3. The van der Waals surface area contributed by atoms with E-state index in [9.17, 15) is 4.79 Å². The summed E-state index contributed by atoms with van der Waals surface area (Å²) < 4.78 is 14.0. The third kappa shape index (κ3) is 4.51. The number of halogens is 1. The third-order valence-corrected chi connectivity index (χ3v) is 4.14. The number of nitrogens with one attached hydrogen (secondary N) is 1. The fraction of sp³-hybridized carbons (Fsp3) is 0.222. The van der Waals surface area contributed by atoms with Gasteiger partial charge >= 0.3 is 0 Å². The predicted molar refractivity (Wildman–Crippen MR) is 96.3 cm³/mol. The summed E-state index contributed by atoms with van der Waals surface area (Å²) in [7, 11) is 0. The van der Waals surface area contributed by atoms with E-state index in [4.69, 9.17) is 9.15 Å². The monoisotopic (exact) mass is 403 g/mol. The van der Waals surface area contributed by atoms with Crippen molar-refractivity contribution in [2.45, 2.75) is 26.6 Å². The molecule has 0 fully saturated rings. The minimum absolute atomic E-state index is 0.261. The number of ether oxygens (including phenoxy) is 1. The van der Waals surface area contributed by atoms with Gasteiger partial charge in [0, 0.05) is 17.2 Å². The zero-order chi connectivity index (χ0) is 17.6. The molecule has 0 bridgehead atoms. The average molecular weight is 404 g/mol. The minimum Gasteiger partial charge on any atom is -0.486 e. The van der Waals surface area contributed by atoms with Gasteiger partial charge in [-0.05, 0) is 49.4 Å². The van der Waals surface area contributed by atoms with Crippen LogP contribution >= 0.6 is 15.9 Å². The van der Waals surface area contributed by atoms with Crippen LogP contribution in [0.25, 0.3) is 0 Å². The summed E-state index contributed by atoms with van der Waals surface area (Å²) in [6, 6.07) is 12.8. The van der Waals surface area contributed by atoms with Crippen molar-refractivity contribution in [3.63, 3.8) is 0 Å². The molecule has 0 aliphatic carbocycles. The maximum Gasteiger partial charge on any atom is 0.287 e. The molecule has 0 spiro atoms. The van der Waals surface area contributed by atoms with E-state index in [1.54, 1.807) is 18.3 Å². The molecule has 0 unspecified atom stereocenters. The van der Waals surface area contributed by atoms with Gasteiger partial charge in [-0.1, -0.05) is 15.9 Å². The molecule has 0 radical (unpaired) electrons. The predicted octanol–water partition coefficient (Wildman–Crippen LogP) is 3.77. The highest BCUT2D eigenvalue weighted by Crippen LogP contribution is 2.18. The lowest BCUT2D eigenvalue weighted by atomic mass is 10.3. The van der Waals surface area contributed by atoms with E-state index in [-0.39, 0.29) is 18.3 Å². The summed E-state index contributed by atoms with van der Waals surface area (Å²) in [5.74, 6) is 1.32. The van der Waals surface area contributed by atoms with Gasteiger partial charge in [0.15, 0.2) is 5.76 Å². The molecule has 25 heavy (non-hydrogen) atoms. The SMILES string of the molecule is CCn1nccc1CNC(=O)c1ccc(COc2ccc(Br)cc2)o1. The van der Waals surface area contributed by atoms with E-state index < -0.39 is 0 Å². The van der Waals surface area contributed by atoms with Gasteiger partial charge < -0.3 is 14.5 Å². The molecule has 2 heterocycles. The van der Waals surface area contributed by atoms with Gasteiger partial charge in [0.2, 0.25) is 0 Å². The van der Waals surface area contributed by atoms with Crippen molar-refractivity contribution in [2.24, 2.45) is 0 Å². The number of rotatable bonds is 7. The summed E-state index contributed by atoms with van der Waals surface area (Å²) in [5.41, 5.74) is 0.946. The number of furan rings is 1. The van der Waals surface area contributed by atoms with Gasteiger partial charge in [-0.25, -0.2) is 0 Å². The van der Waals surface area contributed by atoms with Crippen LogP contribution < -0.4 is 10.1 Å². The number of benzene rings is 1. The van der Waals surface area contributed by atoms with E-state index in [0.717, 1.165) is 22.5 Å². The molecule has 2 aromatic heterocycles. The Morgan fingerprint density at radius 2 is 2.04 bits per heavy atom. The van der Waals surface area contributed by atoms with Crippen molar-refractivity contribution in [1.82, 2.24) is 15.1 Å². The Morgan fingerprint density at radius 3 is 2.80 bits per heavy atom. The summed E-state index contributed by atoms with van der Waals surface area (Å²) in [4.78, 5) is 12.2. The van der Waals surface area contributed by atoms with Crippen LogP contribution in [0.4, 0.5) is 0 Å². The number of carbonyl (C=O) groups is 1. The second-order valence-electron chi connectivity index (χ2n) is 5.33. The van der Waals surface area contributed by atoms with Crippen molar-refractivity contribution in [1.29, 1.82) is 0 Å². The first-order valence-electron chi connectivity index (χ1n) is 7.91. The largest absolute Gasteiger partial charge is 0.486 e. The van der Waals surface area contributed by atoms with E-state index in [0.29, 0.717) is 12.3 Å². The molecule has 0 saturated carbocycles. The van der Waals surface area contributed by atoms with Crippen LogP contribution in [-0.2, 0) is 19.7 Å². The van der Waals surface area contributed by atoms with E-state index in [2.05, 4.69) is 26.3 Å². The topological polar surface area (TPSA) is 69.3 Å². The normalized spacial score (nSPS) is 10.6. The smallest absolute Gasteiger partial charge is 0.287 e. The molecule has 0 atom stereocenters. The molecule has 0 aliphatic rings. The first-order chi connectivity index (χ1) is 12.2. The highest BCUT2D eigenvalue weighted by molar-refractivity contribution is 9.10. The maximum atomic E-state index is 12.2. The molecule has 6 nitrogen and oxygen atoms in total. The Bertz CT molecular complexity index is 839. The number of aryl methyl sites for hydroxylation is 1. The van der Waals surface area contributed by atoms with Crippen molar-refractivity contribution >= 4 is 21.8 Å². The van der Waals surface area contributed by atoms with Crippen LogP contribution in [0.3, 0.4) is 0 Å². The first kappa shape index (κ1) is 17.3. The van der Waals surface area contributed by atoms with Gasteiger partial charge in [0.25, 0.3) is 5.91 Å². The van der Waals surface area contributed by atoms with Gasteiger partial charge in [-0.15, -0.1) is 0 Å². The Hall–Kier alpha value is -2.54. The lowest BCUT2D eigenvalue weighted by Crippen LogP contribution is -2.23. The zero-order valence-electron chi connectivity index (χ0n) is 13.7. The summed E-state index contributed by atoms with van der Waals surface area (Å²) in [5, 5.41) is 7.00. The maximum absolute atomic E-state index is 12.2. The summed E-state index contributed by atoms with van der Waals surface area (Å²) in [6.45, 7) is 3.43. The molecular formula is C18H18BrN3O3. The molecule has 0 saturated heterocycles. The molecule has 7 heteroatoms. The van der Waals surface area contributed by atoms with E-state index >= 15 is 0 Å². The molecule has 1 aromatic carbocycles. The Balaban J connectivity index is 1.53. The van der Waals surface area contributed by atoms with Crippen molar-refractivity contribution in [3.8, 4) is 5.75 Å². The second kappa shape index (κ2) is 8.02. The summed E-state index contributed by atoms with van der Waals surface area (Å²) in [6.07, 6.45) is 1.72. The molecule has 3 aromatic rings. The van der Waals surface area contributed by atoms with Gasteiger partial charge in [0.05, 0.1) is 12.2 Å². The second-order valence-corrected chi connectivity index (χ2v) is 6.25. The van der Waals surface area contributed by atoms with Crippen LogP contribution in [0.5, 0.6) is 5.75 Å². The molecule has 1 N–H and O–H groups in total. The molecule has 0 aliphatic heterocycles. The fourth-order valence-corrected chi connectivity index (χ4v) is 2.58. The standard InChI is InChI=1S/C18H18BrN3O3/c1-2-22-14(9-10-21-22)11-20-18(23)17-8-7-16(25-17)12-24-15-5-3-13(19)4-6-15/h3-10H,2,11-12H2,1H3,(H,20,23). The average Bonchev–Trinajstić information content (AvgIpc) is 3.28. The highest BCUT2D eigenvalue weighted by atomic mass is 79.9. The molecule has 3 rings (SSSR count). The molecule has 1 amide bonds.